The summed E-state index contributed by atoms with van der Waals surface area (Å²) in [6.07, 6.45) is 2.05. The van der Waals surface area contributed by atoms with Crippen molar-refractivity contribution in [3.05, 3.63) is 63.2 Å². The molecule has 0 bridgehead atoms. The minimum Gasteiger partial charge on any atom is -0.496 e. The normalized spacial score (nSPS) is 12.8. The van der Waals surface area contributed by atoms with Crippen LogP contribution in [0.1, 0.15) is 75.1 Å². The minimum atomic E-state index is -0.533. The molecule has 1 aliphatic rings. The van der Waals surface area contributed by atoms with E-state index in [1.807, 2.05) is 26.0 Å². The second-order valence-electron chi connectivity index (χ2n) is 10.0. The molecular formula is C32H39NO9. The Hall–Kier alpha value is -4.34. The van der Waals surface area contributed by atoms with Crippen LogP contribution in [-0.2, 0) is 23.8 Å². The van der Waals surface area contributed by atoms with Gasteiger partial charge in [0, 0.05) is 25.9 Å². The van der Waals surface area contributed by atoms with Gasteiger partial charge in [0.25, 0.3) is 0 Å². The minimum absolute atomic E-state index is 0.0129. The van der Waals surface area contributed by atoms with E-state index >= 15 is 0 Å². The van der Waals surface area contributed by atoms with Crippen LogP contribution in [-0.4, -0.2) is 77.4 Å². The highest BCUT2D eigenvalue weighted by Crippen LogP contribution is 2.39. The molecule has 0 spiro atoms. The average Bonchev–Trinajstić information content (AvgIpc) is 2.99. The van der Waals surface area contributed by atoms with Gasteiger partial charge in [0.1, 0.15) is 22.6 Å². The van der Waals surface area contributed by atoms with Gasteiger partial charge in [-0.1, -0.05) is 5.57 Å². The van der Waals surface area contributed by atoms with E-state index in [-0.39, 0.29) is 35.8 Å². The second kappa shape index (κ2) is 14.5. The lowest BCUT2D eigenvalue weighted by molar-refractivity contribution is -0.140. The first-order valence-corrected chi connectivity index (χ1v) is 13.7. The first-order valence-electron chi connectivity index (χ1n) is 13.7. The zero-order valence-electron chi connectivity index (χ0n) is 25.4. The lowest BCUT2D eigenvalue weighted by atomic mass is 9.85. The molecule has 1 fully saturated rings. The van der Waals surface area contributed by atoms with E-state index < -0.39 is 11.9 Å². The van der Waals surface area contributed by atoms with E-state index in [1.54, 1.807) is 17.0 Å². The molecule has 0 saturated carbocycles. The lowest BCUT2D eigenvalue weighted by Crippen LogP contribution is -2.36. The van der Waals surface area contributed by atoms with Crippen LogP contribution in [0.3, 0.4) is 0 Å². The molecule has 10 nitrogen and oxygen atoms in total. The molecular weight excluding hydrogens is 542 g/mol. The highest BCUT2D eigenvalue weighted by atomic mass is 16.5. The summed E-state index contributed by atoms with van der Waals surface area (Å²) in [5.74, 6) is -0.573. The van der Waals surface area contributed by atoms with Crippen molar-refractivity contribution in [2.24, 2.45) is 0 Å². The number of aryl methyl sites for hydroxylation is 2. The van der Waals surface area contributed by atoms with Crippen molar-refractivity contribution in [3.8, 4) is 11.5 Å². The molecule has 2 aromatic rings. The van der Waals surface area contributed by atoms with Gasteiger partial charge >= 0.3 is 17.9 Å². The van der Waals surface area contributed by atoms with Crippen molar-refractivity contribution >= 4 is 29.4 Å². The molecule has 0 aromatic heterocycles. The van der Waals surface area contributed by atoms with Gasteiger partial charge < -0.3 is 28.6 Å². The topological polar surface area (TPSA) is 118 Å². The SMILES string of the molecule is COC(=O)CCCC(=O)N1CCC(=C(c2cc(C)c(OC)c(C(=O)OC)c2)c2cc(C)c(OC)c(C(=O)OC)c2)CC1. The van der Waals surface area contributed by atoms with Crippen LogP contribution in [0, 0.1) is 13.8 Å². The van der Waals surface area contributed by atoms with Crippen LogP contribution < -0.4 is 9.47 Å². The number of ether oxygens (including phenoxy) is 5. The Labute approximate surface area is 246 Å². The van der Waals surface area contributed by atoms with Crippen LogP contribution in [0.2, 0.25) is 0 Å². The number of hydrogen-bond acceptors (Lipinski definition) is 9. The molecule has 0 aliphatic carbocycles. The van der Waals surface area contributed by atoms with Crippen LogP contribution in [0.25, 0.3) is 5.57 Å². The van der Waals surface area contributed by atoms with E-state index in [9.17, 15) is 19.2 Å². The molecule has 10 heteroatoms. The van der Waals surface area contributed by atoms with E-state index in [1.165, 1.54) is 35.5 Å². The number of methoxy groups -OCH3 is 5. The van der Waals surface area contributed by atoms with E-state index in [2.05, 4.69) is 4.74 Å². The maximum atomic E-state index is 12.8. The quantitative estimate of drug-likeness (QED) is 0.292. The average molecular weight is 582 g/mol. The standard InChI is InChI=1S/C32H39NO9/c1-19-15-22(17-24(29(19)39-4)31(36)41-6)28(23-16-20(2)30(40-5)25(18-23)32(37)42-7)21-11-13-33(14-12-21)26(34)9-8-10-27(35)38-3/h15-18H,8-14H2,1-7H3. The van der Waals surface area contributed by atoms with Gasteiger partial charge in [-0.25, -0.2) is 9.59 Å². The number of esters is 3. The van der Waals surface area contributed by atoms with Gasteiger partial charge in [-0.2, -0.15) is 0 Å². The van der Waals surface area contributed by atoms with Gasteiger partial charge in [-0.3, -0.25) is 9.59 Å². The third kappa shape index (κ3) is 7.10. The first-order chi connectivity index (χ1) is 20.1. The molecule has 2 aromatic carbocycles. The summed E-state index contributed by atoms with van der Waals surface area (Å²) in [7, 11) is 6.96. The maximum absolute atomic E-state index is 12.8. The van der Waals surface area contributed by atoms with Crippen LogP contribution in [0.4, 0.5) is 0 Å². The molecule has 0 radical (unpaired) electrons. The van der Waals surface area contributed by atoms with Gasteiger partial charge in [0.05, 0.1) is 35.5 Å². The monoisotopic (exact) mass is 581 g/mol. The zero-order chi connectivity index (χ0) is 31.0. The van der Waals surface area contributed by atoms with Crippen molar-refractivity contribution in [1.29, 1.82) is 0 Å². The number of amides is 1. The molecule has 0 N–H and O–H groups in total. The molecule has 42 heavy (non-hydrogen) atoms. The Kier molecular flexibility index (Phi) is 11.1. The number of carbonyl (C=O) groups excluding carboxylic acids is 4. The smallest absolute Gasteiger partial charge is 0.341 e. The highest BCUT2D eigenvalue weighted by molar-refractivity contribution is 5.98. The fraction of sp³-hybridized carbons (Fsp3) is 0.438. The number of likely N-dealkylation sites (tertiary alicyclic amines) is 1. The van der Waals surface area contributed by atoms with E-state index in [4.69, 9.17) is 18.9 Å². The Morgan fingerprint density at radius 3 is 1.57 bits per heavy atom. The molecule has 1 amide bonds. The predicted octanol–water partition coefficient (Wildman–Crippen LogP) is 4.66. The summed E-state index contributed by atoms with van der Waals surface area (Å²) in [6.45, 7) is 4.69. The van der Waals surface area contributed by atoms with Crippen molar-refractivity contribution in [3.63, 3.8) is 0 Å². The molecule has 1 aliphatic heterocycles. The number of nitrogens with zero attached hydrogens (tertiary/aromatic N) is 1. The van der Waals surface area contributed by atoms with Crippen LogP contribution in [0.5, 0.6) is 11.5 Å². The van der Waals surface area contributed by atoms with Crippen molar-refractivity contribution in [2.45, 2.75) is 46.0 Å². The summed E-state index contributed by atoms with van der Waals surface area (Å²) < 4.78 is 25.8. The number of rotatable bonds is 10. The summed E-state index contributed by atoms with van der Waals surface area (Å²) in [4.78, 5) is 51.6. The third-order valence-corrected chi connectivity index (χ3v) is 7.42. The maximum Gasteiger partial charge on any atom is 0.341 e. The number of piperidine rings is 1. The van der Waals surface area contributed by atoms with Crippen molar-refractivity contribution in [2.75, 3.05) is 48.6 Å². The fourth-order valence-electron chi connectivity index (χ4n) is 5.40. The van der Waals surface area contributed by atoms with E-state index in [0.717, 1.165) is 33.4 Å². The van der Waals surface area contributed by atoms with Crippen molar-refractivity contribution in [1.82, 2.24) is 4.90 Å². The Bertz CT molecular complexity index is 1310. The third-order valence-electron chi connectivity index (χ3n) is 7.42. The van der Waals surface area contributed by atoms with Crippen molar-refractivity contribution < 1.29 is 42.9 Å². The van der Waals surface area contributed by atoms with Crippen LogP contribution in [0.15, 0.2) is 29.8 Å². The molecule has 0 unspecified atom stereocenters. The Balaban J connectivity index is 2.12. The van der Waals surface area contributed by atoms with Gasteiger partial charge in [0.2, 0.25) is 5.91 Å². The number of hydrogen-bond donors (Lipinski definition) is 0. The second-order valence-corrected chi connectivity index (χ2v) is 10.0. The molecule has 226 valence electrons. The predicted molar refractivity (Wildman–Crippen MR) is 156 cm³/mol. The lowest BCUT2D eigenvalue weighted by Gasteiger charge is -2.31. The first kappa shape index (κ1) is 32.2. The molecule has 1 heterocycles. The van der Waals surface area contributed by atoms with Gasteiger partial charge in [0.15, 0.2) is 0 Å². The summed E-state index contributed by atoms with van der Waals surface area (Å²) >= 11 is 0. The number of carbonyl (C=O) groups is 4. The van der Waals surface area contributed by atoms with Gasteiger partial charge in [-0.15, -0.1) is 0 Å². The molecule has 3 rings (SSSR count). The summed E-state index contributed by atoms with van der Waals surface area (Å²) in [5, 5.41) is 0. The van der Waals surface area contributed by atoms with Gasteiger partial charge in [-0.05, 0) is 85.2 Å². The largest absolute Gasteiger partial charge is 0.496 e. The molecule has 1 saturated heterocycles. The van der Waals surface area contributed by atoms with E-state index in [0.29, 0.717) is 43.9 Å². The summed E-state index contributed by atoms with van der Waals surface area (Å²) in [5.41, 5.74) is 5.46. The zero-order valence-corrected chi connectivity index (χ0v) is 25.4. The highest BCUT2D eigenvalue weighted by Gasteiger charge is 2.26. The number of benzene rings is 2. The Morgan fingerprint density at radius 2 is 1.17 bits per heavy atom. The molecule has 0 atom stereocenters. The fourth-order valence-corrected chi connectivity index (χ4v) is 5.40. The van der Waals surface area contributed by atoms with Crippen LogP contribution >= 0.6 is 0 Å². The Morgan fingerprint density at radius 1 is 0.690 bits per heavy atom. The summed E-state index contributed by atoms with van der Waals surface area (Å²) in [6, 6.07) is 7.36.